The number of hydrogen-bond acceptors (Lipinski definition) is 3. The third-order valence-electron chi connectivity index (χ3n) is 4.76. The monoisotopic (exact) mass is 429 g/mol. The average molecular weight is 430 g/mol. The summed E-state index contributed by atoms with van der Waals surface area (Å²) in [5, 5.41) is 5.92. The zero-order valence-corrected chi connectivity index (χ0v) is 17.0. The lowest BCUT2D eigenvalue weighted by atomic mass is 9.98. The molecular formula is C21H24BrN3O2. The smallest absolute Gasteiger partial charge is 0.253 e. The summed E-state index contributed by atoms with van der Waals surface area (Å²) in [4.78, 5) is 26.8. The number of halogens is 1. The Kier molecular flexibility index (Phi) is 6.50. The molecule has 6 heteroatoms. The van der Waals surface area contributed by atoms with Crippen LogP contribution in [0.2, 0.25) is 0 Å². The lowest BCUT2D eigenvalue weighted by Gasteiger charge is -2.30. The highest BCUT2D eigenvalue weighted by atomic mass is 79.9. The van der Waals surface area contributed by atoms with Gasteiger partial charge in [0.15, 0.2) is 0 Å². The summed E-state index contributed by atoms with van der Waals surface area (Å²) >= 11 is 3.38. The fourth-order valence-electron chi connectivity index (χ4n) is 3.08. The van der Waals surface area contributed by atoms with E-state index in [2.05, 4.69) is 33.5 Å². The summed E-state index contributed by atoms with van der Waals surface area (Å²) in [5.74, 6) is 0.554. The molecule has 2 aromatic carbocycles. The van der Waals surface area contributed by atoms with Crippen LogP contribution in [0.5, 0.6) is 0 Å². The molecule has 0 aliphatic carbocycles. The second-order valence-corrected chi connectivity index (χ2v) is 7.88. The molecule has 1 aliphatic rings. The van der Waals surface area contributed by atoms with Gasteiger partial charge in [0.1, 0.15) is 0 Å². The highest BCUT2D eigenvalue weighted by molar-refractivity contribution is 9.10. The lowest BCUT2D eigenvalue weighted by Crippen LogP contribution is -2.37. The molecule has 0 atom stereocenters. The molecule has 1 aliphatic heterocycles. The van der Waals surface area contributed by atoms with Crippen LogP contribution in [0.15, 0.2) is 53.0 Å². The van der Waals surface area contributed by atoms with Gasteiger partial charge in [0.25, 0.3) is 5.91 Å². The van der Waals surface area contributed by atoms with Crippen molar-refractivity contribution < 1.29 is 9.59 Å². The Hall–Kier alpha value is -2.34. The van der Waals surface area contributed by atoms with E-state index in [0.29, 0.717) is 17.2 Å². The van der Waals surface area contributed by atoms with Gasteiger partial charge in [-0.25, -0.2) is 0 Å². The van der Waals surface area contributed by atoms with Gasteiger partial charge in [0, 0.05) is 34.5 Å². The first-order valence-corrected chi connectivity index (χ1v) is 9.99. The van der Waals surface area contributed by atoms with Gasteiger partial charge in [-0.2, -0.15) is 0 Å². The van der Waals surface area contributed by atoms with Crippen molar-refractivity contribution >= 4 is 39.1 Å². The van der Waals surface area contributed by atoms with Crippen LogP contribution < -0.4 is 10.6 Å². The Bertz CT molecular complexity index is 799. The van der Waals surface area contributed by atoms with Gasteiger partial charge in [-0.15, -0.1) is 0 Å². The second-order valence-electron chi connectivity index (χ2n) is 6.96. The van der Waals surface area contributed by atoms with E-state index in [-0.39, 0.29) is 18.4 Å². The van der Waals surface area contributed by atoms with Crippen LogP contribution in [0.1, 0.15) is 30.1 Å². The molecular weight excluding hydrogens is 406 g/mol. The normalized spacial score (nSPS) is 14.7. The van der Waals surface area contributed by atoms with E-state index < -0.39 is 0 Å². The molecule has 2 N–H and O–H groups in total. The largest absolute Gasteiger partial charge is 0.376 e. The van der Waals surface area contributed by atoms with E-state index in [0.717, 1.165) is 36.1 Å². The molecule has 0 bridgehead atoms. The summed E-state index contributed by atoms with van der Waals surface area (Å²) in [5.41, 5.74) is 2.12. The number of hydrogen-bond donors (Lipinski definition) is 2. The number of piperidine rings is 1. The highest BCUT2D eigenvalue weighted by Gasteiger charge is 2.21. The van der Waals surface area contributed by atoms with E-state index in [4.69, 9.17) is 0 Å². The maximum atomic E-state index is 12.7. The van der Waals surface area contributed by atoms with Crippen LogP contribution in [0.3, 0.4) is 0 Å². The summed E-state index contributed by atoms with van der Waals surface area (Å²) in [6.45, 7) is 3.98. The van der Waals surface area contributed by atoms with Crippen molar-refractivity contribution in [1.29, 1.82) is 0 Å². The third-order valence-corrected chi connectivity index (χ3v) is 5.29. The predicted octanol–water partition coefficient (Wildman–Crippen LogP) is 4.37. The number of nitrogens with zero attached hydrogens (tertiary/aromatic N) is 1. The van der Waals surface area contributed by atoms with Crippen LogP contribution in [0.25, 0.3) is 0 Å². The SMILES string of the molecule is CC1CCN(C(=O)c2cccc(NC(=O)CNc3ccc(Br)cc3)c2)CC1. The number of anilines is 2. The van der Waals surface area contributed by atoms with Crippen molar-refractivity contribution in [2.75, 3.05) is 30.3 Å². The van der Waals surface area contributed by atoms with Gasteiger partial charge in [0.2, 0.25) is 5.91 Å². The Morgan fingerprint density at radius 3 is 2.48 bits per heavy atom. The van der Waals surface area contributed by atoms with E-state index in [1.807, 2.05) is 29.2 Å². The quantitative estimate of drug-likeness (QED) is 0.741. The first-order valence-electron chi connectivity index (χ1n) is 9.20. The van der Waals surface area contributed by atoms with Crippen molar-refractivity contribution in [2.24, 2.45) is 5.92 Å². The van der Waals surface area contributed by atoms with E-state index >= 15 is 0 Å². The molecule has 1 heterocycles. The second kappa shape index (κ2) is 9.04. The van der Waals surface area contributed by atoms with Crippen LogP contribution in [0.4, 0.5) is 11.4 Å². The molecule has 142 valence electrons. The first-order chi connectivity index (χ1) is 13.0. The molecule has 2 aromatic rings. The molecule has 0 radical (unpaired) electrons. The van der Waals surface area contributed by atoms with Crippen molar-refractivity contribution in [3.63, 3.8) is 0 Å². The number of carbonyl (C=O) groups excluding carboxylic acids is 2. The average Bonchev–Trinajstić information content (AvgIpc) is 2.68. The molecule has 5 nitrogen and oxygen atoms in total. The molecule has 1 fully saturated rings. The molecule has 1 saturated heterocycles. The van der Waals surface area contributed by atoms with Crippen molar-refractivity contribution in [1.82, 2.24) is 4.90 Å². The Labute approximate surface area is 168 Å². The number of nitrogens with one attached hydrogen (secondary N) is 2. The van der Waals surface area contributed by atoms with Crippen molar-refractivity contribution in [3.05, 3.63) is 58.6 Å². The maximum Gasteiger partial charge on any atom is 0.253 e. The number of amides is 2. The third kappa shape index (κ3) is 5.57. The zero-order chi connectivity index (χ0) is 19.2. The summed E-state index contributed by atoms with van der Waals surface area (Å²) in [6.07, 6.45) is 2.09. The Morgan fingerprint density at radius 1 is 1.07 bits per heavy atom. The van der Waals surface area contributed by atoms with Gasteiger partial charge in [-0.05, 0) is 61.2 Å². The molecule has 3 rings (SSSR count). The number of rotatable bonds is 5. The van der Waals surface area contributed by atoms with E-state index in [1.54, 1.807) is 24.3 Å². The topological polar surface area (TPSA) is 61.4 Å². The van der Waals surface area contributed by atoms with Crippen LogP contribution in [-0.4, -0.2) is 36.3 Å². The molecule has 0 saturated carbocycles. The lowest BCUT2D eigenvalue weighted by molar-refractivity contribution is -0.114. The summed E-state index contributed by atoms with van der Waals surface area (Å²) in [7, 11) is 0. The molecule has 0 unspecified atom stereocenters. The fraction of sp³-hybridized carbons (Fsp3) is 0.333. The fourth-order valence-corrected chi connectivity index (χ4v) is 3.34. The molecule has 27 heavy (non-hydrogen) atoms. The maximum absolute atomic E-state index is 12.7. The van der Waals surface area contributed by atoms with Crippen LogP contribution in [0, 0.1) is 5.92 Å². The Morgan fingerprint density at radius 2 is 1.78 bits per heavy atom. The minimum Gasteiger partial charge on any atom is -0.376 e. The number of likely N-dealkylation sites (tertiary alicyclic amines) is 1. The summed E-state index contributed by atoms with van der Waals surface area (Å²) in [6, 6.07) is 14.8. The van der Waals surface area contributed by atoms with Crippen molar-refractivity contribution in [2.45, 2.75) is 19.8 Å². The molecule has 0 aromatic heterocycles. The van der Waals surface area contributed by atoms with Gasteiger partial charge in [-0.3, -0.25) is 9.59 Å². The van der Waals surface area contributed by atoms with Gasteiger partial charge < -0.3 is 15.5 Å². The van der Waals surface area contributed by atoms with Crippen molar-refractivity contribution in [3.8, 4) is 0 Å². The van der Waals surface area contributed by atoms with Gasteiger partial charge in [-0.1, -0.05) is 28.9 Å². The first kappa shape index (κ1) is 19.4. The Balaban J connectivity index is 1.55. The van der Waals surface area contributed by atoms with Crippen LogP contribution in [-0.2, 0) is 4.79 Å². The summed E-state index contributed by atoms with van der Waals surface area (Å²) < 4.78 is 0.988. The molecule has 0 spiro atoms. The molecule has 2 amide bonds. The number of carbonyl (C=O) groups is 2. The van der Waals surface area contributed by atoms with Gasteiger partial charge >= 0.3 is 0 Å². The van der Waals surface area contributed by atoms with E-state index in [9.17, 15) is 9.59 Å². The van der Waals surface area contributed by atoms with E-state index in [1.165, 1.54) is 0 Å². The predicted molar refractivity (Wildman–Crippen MR) is 112 cm³/mol. The number of benzene rings is 2. The minimum atomic E-state index is -0.158. The van der Waals surface area contributed by atoms with Crippen LogP contribution >= 0.6 is 15.9 Å². The highest BCUT2D eigenvalue weighted by Crippen LogP contribution is 2.20. The van der Waals surface area contributed by atoms with Gasteiger partial charge in [0.05, 0.1) is 6.54 Å². The minimum absolute atomic E-state index is 0.0333. The zero-order valence-electron chi connectivity index (χ0n) is 15.4. The standard InChI is InChI=1S/C21H24BrN3O2/c1-15-9-11-25(12-10-15)21(27)16-3-2-4-19(13-16)24-20(26)14-23-18-7-5-17(22)6-8-18/h2-8,13,15,23H,9-12,14H2,1H3,(H,24,26).